The van der Waals surface area contributed by atoms with Crippen LogP contribution >= 0.6 is 23.2 Å². The molecule has 0 unspecified atom stereocenters. The number of carbonyl (C=O) groups is 1. The third-order valence-electron chi connectivity index (χ3n) is 1.25. The molecule has 0 radical (unpaired) electrons. The van der Waals surface area contributed by atoms with Gasteiger partial charge in [-0.1, -0.05) is 23.2 Å². The van der Waals surface area contributed by atoms with Crippen molar-refractivity contribution in [1.29, 1.82) is 0 Å². The van der Waals surface area contributed by atoms with Crippen molar-refractivity contribution in [3.63, 3.8) is 0 Å². The third-order valence-corrected chi connectivity index (χ3v) is 1.78. The Bertz CT molecular complexity index is 568. The predicted molar refractivity (Wildman–Crippen MR) is 51.7 cm³/mol. The molecular formula is C8H6Cl2KMnO7. The summed E-state index contributed by atoms with van der Waals surface area (Å²) in [4.78, 5) is 10.2. The molecule has 1 aromatic carbocycles. The average Bonchev–Trinajstić information content (AvgIpc) is 2.13. The zero-order valence-electron chi connectivity index (χ0n) is 9.47. The van der Waals surface area contributed by atoms with Crippen molar-refractivity contribution >= 4 is 29.2 Å². The van der Waals surface area contributed by atoms with Gasteiger partial charge >= 0.3 is 86.0 Å². The summed E-state index contributed by atoms with van der Waals surface area (Å²) >= 11 is 5.71. The van der Waals surface area contributed by atoms with Crippen LogP contribution in [0.25, 0.3) is 0 Å². The molecule has 0 amide bonds. The van der Waals surface area contributed by atoms with Crippen LogP contribution in [0.15, 0.2) is 18.2 Å². The van der Waals surface area contributed by atoms with E-state index in [0.717, 1.165) is 0 Å². The van der Waals surface area contributed by atoms with Crippen LogP contribution in [0.1, 0.15) is 0 Å². The number of benzene rings is 1. The summed E-state index contributed by atoms with van der Waals surface area (Å²) in [6, 6.07) is 4.58. The SMILES string of the molecule is O=C(O)COc1ccc(Cl)cc1Cl.[K+].[O]=[Mn](=[O])(=[O])[O-]. The Kier molecular flexibility index (Phi) is 11.9. The molecule has 0 saturated carbocycles. The first kappa shape index (κ1) is 21.9. The Labute approximate surface area is 162 Å². The van der Waals surface area contributed by atoms with Gasteiger partial charge in [0.2, 0.25) is 0 Å². The molecule has 0 heterocycles. The van der Waals surface area contributed by atoms with E-state index in [9.17, 15) is 4.79 Å². The Hall–Kier alpha value is 0.586. The van der Waals surface area contributed by atoms with Crippen molar-refractivity contribution in [3.8, 4) is 5.75 Å². The first-order valence-electron chi connectivity index (χ1n) is 4.01. The van der Waals surface area contributed by atoms with Crippen LogP contribution in [0.2, 0.25) is 10.0 Å². The fourth-order valence-electron chi connectivity index (χ4n) is 0.732. The Morgan fingerprint density at radius 2 is 1.79 bits per heavy atom. The van der Waals surface area contributed by atoms with Crippen LogP contribution in [0, 0.1) is 0 Å². The van der Waals surface area contributed by atoms with Gasteiger partial charge in [-0.15, -0.1) is 0 Å². The summed E-state index contributed by atoms with van der Waals surface area (Å²) in [5.41, 5.74) is 0. The molecule has 0 aliphatic carbocycles. The number of carboxylic acids is 1. The van der Waals surface area contributed by atoms with E-state index in [-0.39, 0.29) is 51.4 Å². The summed E-state index contributed by atoms with van der Waals surface area (Å²) in [5.74, 6) is -0.737. The molecule has 0 bridgehead atoms. The third kappa shape index (κ3) is 14.8. The number of rotatable bonds is 3. The number of ether oxygens (including phenoxy) is 1. The van der Waals surface area contributed by atoms with Crippen molar-refractivity contribution in [2.24, 2.45) is 0 Å². The molecule has 1 rings (SSSR count). The van der Waals surface area contributed by atoms with Crippen LogP contribution in [0.5, 0.6) is 5.75 Å². The molecule has 0 aliphatic heterocycles. The van der Waals surface area contributed by atoms with Gasteiger partial charge in [0, 0.05) is 5.02 Å². The maximum absolute atomic E-state index is 10.2. The molecule has 0 spiro atoms. The monoisotopic (exact) mass is 378 g/mol. The molecule has 0 fully saturated rings. The summed E-state index contributed by atoms with van der Waals surface area (Å²) < 4.78 is 39.2. The molecule has 0 aliphatic rings. The minimum absolute atomic E-state index is 0. The van der Waals surface area contributed by atoms with Gasteiger partial charge in [-0.25, -0.2) is 4.79 Å². The fourth-order valence-corrected chi connectivity index (χ4v) is 1.19. The van der Waals surface area contributed by atoms with E-state index in [4.69, 9.17) is 48.7 Å². The molecule has 102 valence electrons. The zero-order valence-corrected chi connectivity index (χ0v) is 15.3. The van der Waals surface area contributed by atoms with Crippen LogP contribution in [0.4, 0.5) is 0 Å². The van der Waals surface area contributed by atoms with Gasteiger partial charge in [-0.2, -0.15) is 0 Å². The van der Waals surface area contributed by atoms with Crippen LogP contribution < -0.4 is 60.3 Å². The van der Waals surface area contributed by atoms with Crippen molar-refractivity contribution in [2.45, 2.75) is 0 Å². The normalized spacial score (nSPS) is 9.63. The number of carboxylic acid groups (broad SMARTS) is 1. The van der Waals surface area contributed by atoms with E-state index in [1.165, 1.54) is 12.1 Å². The molecule has 0 saturated heterocycles. The van der Waals surface area contributed by atoms with E-state index in [2.05, 4.69) is 0 Å². The van der Waals surface area contributed by atoms with Crippen LogP contribution in [0.3, 0.4) is 0 Å². The fraction of sp³-hybridized carbons (Fsp3) is 0.125. The minimum atomic E-state index is -5.62. The van der Waals surface area contributed by atoms with Gasteiger partial charge in [0.15, 0.2) is 6.61 Å². The second-order valence-electron chi connectivity index (χ2n) is 2.64. The summed E-state index contributed by atoms with van der Waals surface area (Å²) in [5, 5.41) is 9.11. The summed E-state index contributed by atoms with van der Waals surface area (Å²) in [7, 11) is 0. The van der Waals surface area contributed by atoms with Gasteiger partial charge < -0.3 is 9.84 Å². The molecular weight excluding hydrogens is 373 g/mol. The Morgan fingerprint density at radius 1 is 1.32 bits per heavy atom. The van der Waals surface area contributed by atoms with Gasteiger partial charge in [0.1, 0.15) is 5.75 Å². The van der Waals surface area contributed by atoms with Gasteiger partial charge in [-0.05, 0) is 18.2 Å². The topological polar surface area (TPSA) is 121 Å². The van der Waals surface area contributed by atoms with E-state index in [1.807, 2.05) is 0 Å². The maximum atomic E-state index is 10.2. The van der Waals surface area contributed by atoms with Crippen LogP contribution in [-0.2, 0) is 29.3 Å². The predicted octanol–water partition coefficient (Wildman–Crippen LogP) is -2.09. The first-order chi connectivity index (χ1) is 8.09. The number of halogens is 2. The number of aliphatic carboxylic acids is 1. The molecule has 0 aromatic heterocycles. The second kappa shape index (κ2) is 10.3. The molecule has 11 heteroatoms. The quantitative estimate of drug-likeness (QED) is 0.598. The second-order valence-corrected chi connectivity index (χ2v) is 4.66. The van der Waals surface area contributed by atoms with Crippen molar-refractivity contribution in [1.82, 2.24) is 0 Å². The van der Waals surface area contributed by atoms with Crippen molar-refractivity contribution in [3.05, 3.63) is 28.2 Å². The Morgan fingerprint density at radius 3 is 2.16 bits per heavy atom. The first-order valence-corrected chi connectivity index (χ1v) is 6.69. The molecule has 19 heavy (non-hydrogen) atoms. The standard InChI is InChI=1S/C8H6Cl2O3.K.Mn.4O/c9-5-1-2-7(6(10)3-5)13-4-8(11)12;;;;;;/h1-3H,4H2,(H,11,12);;;;;;/q;+1;;;;;-1. The van der Waals surface area contributed by atoms with Crippen molar-refractivity contribution in [2.75, 3.05) is 6.61 Å². The van der Waals surface area contributed by atoms with Crippen LogP contribution in [-0.4, -0.2) is 17.7 Å². The van der Waals surface area contributed by atoms with E-state index >= 15 is 0 Å². The summed E-state index contributed by atoms with van der Waals surface area (Å²) in [6.07, 6.45) is 0. The van der Waals surface area contributed by atoms with E-state index in [0.29, 0.717) is 15.8 Å². The summed E-state index contributed by atoms with van der Waals surface area (Å²) in [6.45, 7) is -0.415. The Balaban J connectivity index is 0. The van der Waals surface area contributed by atoms with Crippen molar-refractivity contribution < 1.29 is 94.7 Å². The van der Waals surface area contributed by atoms with E-state index < -0.39 is 25.5 Å². The average molecular weight is 379 g/mol. The number of hydrogen-bond donors (Lipinski definition) is 1. The van der Waals surface area contributed by atoms with E-state index in [1.54, 1.807) is 6.07 Å². The van der Waals surface area contributed by atoms with Gasteiger partial charge in [0.25, 0.3) is 0 Å². The molecule has 7 nitrogen and oxygen atoms in total. The zero-order chi connectivity index (χ0) is 14.3. The van der Waals surface area contributed by atoms with Gasteiger partial charge in [-0.3, -0.25) is 0 Å². The number of hydrogen-bond acceptors (Lipinski definition) is 6. The molecule has 0 atom stereocenters. The molecule has 1 aromatic rings. The molecule has 1 N–H and O–H groups in total. The van der Waals surface area contributed by atoms with Gasteiger partial charge in [0.05, 0.1) is 5.02 Å².